The van der Waals surface area contributed by atoms with Gasteiger partial charge in [0.05, 0.1) is 19.3 Å². The second kappa shape index (κ2) is 14.0. The predicted molar refractivity (Wildman–Crippen MR) is 120 cm³/mol. The molecule has 0 amide bonds. The summed E-state index contributed by atoms with van der Waals surface area (Å²) >= 11 is 0. The lowest BCUT2D eigenvalue weighted by atomic mass is 10.1. The number of halogens is 1. The largest absolute Gasteiger partial charge is 0.491 e. The number of benzene rings is 1. The molecule has 6 nitrogen and oxygen atoms in total. The lowest BCUT2D eigenvalue weighted by molar-refractivity contribution is 0.0263. The molecule has 0 aliphatic carbocycles. The number of hydrogen-bond acceptors (Lipinski definition) is 4. The number of ether oxygens (including phenoxy) is 3. The summed E-state index contributed by atoms with van der Waals surface area (Å²) in [7, 11) is 1.67. The van der Waals surface area contributed by atoms with E-state index in [2.05, 4.69) is 30.1 Å². The third-order valence-electron chi connectivity index (χ3n) is 4.34. The van der Waals surface area contributed by atoms with Crippen LogP contribution in [0.3, 0.4) is 0 Å². The van der Waals surface area contributed by atoms with Crippen LogP contribution >= 0.6 is 24.0 Å². The standard InChI is InChI=1S/C20H33N3O3.HI/c1-4-21-20(23-11-9-18(10-12-23)25-5-2)22-16-17-7-6-8-19(15-17)26-14-13-24-3;/h6-8,15,18H,4-5,9-14,16H2,1-3H3,(H,21,22);1H. The Morgan fingerprint density at radius 1 is 1.22 bits per heavy atom. The molecule has 0 spiro atoms. The van der Waals surface area contributed by atoms with Crippen molar-refractivity contribution in [2.45, 2.75) is 39.3 Å². The summed E-state index contributed by atoms with van der Waals surface area (Å²) in [4.78, 5) is 7.16. The Morgan fingerprint density at radius 3 is 2.67 bits per heavy atom. The molecular formula is C20H34IN3O3. The highest BCUT2D eigenvalue weighted by Crippen LogP contribution is 2.16. The third kappa shape index (κ3) is 8.66. The lowest BCUT2D eigenvalue weighted by Crippen LogP contribution is -2.47. The molecule has 7 heteroatoms. The minimum Gasteiger partial charge on any atom is -0.491 e. The van der Waals surface area contributed by atoms with Gasteiger partial charge in [0.2, 0.25) is 0 Å². The molecule has 1 N–H and O–H groups in total. The van der Waals surface area contributed by atoms with Crippen LogP contribution in [-0.2, 0) is 16.0 Å². The molecule has 0 unspecified atom stereocenters. The minimum absolute atomic E-state index is 0. The summed E-state index contributed by atoms with van der Waals surface area (Å²) in [6.07, 6.45) is 2.50. The van der Waals surface area contributed by atoms with Crippen LogP contribution in [-0.4, -0.2) is 63.5 Å². The van der Waals surface area contributed by atoms with Gasteiger partial charge in [-0.3, -0.25) is 0 Å². The first-order valence-electron chi connectivity index (χ1n) is 9.62. The highest BCUT2D eigenvalue weighted by molar-refractivity contribution is 14.0. The van der Waals surface area contributed by atoms with Gasteiger partial charge in [0.15, 0.2) is 5.96 Å². The first-order chi connectivity index (χ1) is 12.8. The first kappa shape index (κ1) is 24.0. The van der Waals surface area contributed by atoms with Gasteiger partial charge in [0, 0.05) is 33.4 Å². The number of nitrogens with one attached hydrogen (secondary N) is 1. The highest BCUT2D eigenvalue weighted by atomic mass is 127. The fourth-order valence-electron chi connectivity index (χ4n) is 3.04. The number of aliphatic imine (C=N–C) groups is 1. The number of methoxy groups -OCH3 is 1. The van der Waals surface area contributed by atoms with Crippen LogP contribution in [0.15, 0.2) is 29.3 Å². The fourth-order valence-corrected chi connectivity index (χ4v) is 3.04. The molecule has 1 aromatic carbocycles. The van der Waals surface area contributed by atoms with Crippen LogP contribution in [0, 0.1) is 0 Å². The lowest BCUT2D eigenvalue weighted by Gasteiger charge is -2.34. The summed E-state index contributed by atoms with van der Waals surface area (Å²) in [5.74, 6) is 1.84. The zero-order valence-electron chi connectivity index (χ0n) is 16.8. The van der Waals surface area contributed by atoms with E-state index in [1.54, 1.807) is 7.11 Å². The van der Waals surface area contributed by atoms with Crippen molar-refractivity contribution in [2.24, 2.45) is 4.99 Å². The summed E-state index contributed by atoms with van der Waals surface area (Å²) in [6.45, 7) is 9.57. The molecule has 1 aliphatic rings. The average Bonchev–Trinajstić information content (AvgIpc) is 2.67. The molecular weight excluding hydrogens is 457 g/mol. The molecule has 1 saturated heterocycles. The topological polar surface area (TPSA) is 55.3 Å². The van der Waals surface area contributed by atoms with Crippen molar-refractivity contribution in [3.8, 4) is 5.75 Å². The quantitative estimate of drug-likeness (QED) is 0.249. The van der Waals surface area contributed by atoms with Gasteiger partial charge in [-0.1, -0.05) is 12.1 Å². The minimum atomic E-state index is 0. The normalized spacial score (nSPS) is 15.4. The van der Waals surface area contributed by atoms with Gasteiger partial charge in [-0.15, -0.1) is 24.0 Å². The van der Waals surface area contributed by atoms with Gasteiger partial charge in [0.1, 0.15) is 12.4 Å². The first-order valence-corrected chi connectivity index (χ1v) is 9.62. The molecule has 0 aromatic heterocycles. The van der Waals surface area contributed by atoms with Crippen molar-refractivity contribution in [2.75, 3.05) is 46.6 Å². The molecule has 154 valence electrons. The monoisotopic (exact) mass is 491 g/mol. The Labute approximate surface area is 180 Å². The number of hydrogen-bond donors (Lipinski definition) is 1. The SMILES string of the molecule is CCNC(=NCc1cccc(OCCOC)c1)N1CCC(OCC)CC1.I. The molecule has 1 aliphatic heterocycles. The van der Waals surface area contributed by atoms with Crippen molar-refractivity contribution in [3.63, 3.8) is 0 Å². The van der Waals surface area contributed by atoms with E-state index in [0.717, 1.165) is 56.4 Å². The smallest absolute Gasteiger partial charge is 0.194 e. The molecule has 1 aromatic rings. The number of guanidine groups is 1. The number of likely N-dealkylation sites (tertiary alicyclic amines) is 1. The molecule has 27 heavy (non-hydrogen) atoms. The number of nitrogens with zero attached hydrogens (tertiary/aromatic N) is 2. The van der Waals surface area contributed by atoms with Crippen LogP contribution in [0.2, 0.25) is 0 Å². The van der Waals surface area contributed by atoms with E-state index < -0.39 is 0 Å². The zero-order chi connectivity index (χ0) is 18.6. The van der Waals surface area contributed by atoms with E-state index in [4.69, 9.17) is 19.2 Å². The maximum Gasteiger partial charge on any atom is 0.194 e. The molecule has 0 saturated carbocycles. The van der Waals surface area contributed by atoms with E-state index >= 15 is 0 Å². The van der Waals surface area contributed by atoms with Gasteiger partial charge in [-0.05, 0) is 44.4 Å². The van der Waals surface area contributed by atoms with E-state index in [9.17, 15) is 0 Å². The average molecular weight is 491 g/mol. The Hall–Kier alpha value is -1.06. The number of piperidine rings is 1. The van der Waals surface area contributed by atoms with Crippen LogP contribution < -0.4 is 10.1 Å². The second-order valence-electron chi connectivity index (χ2n) is 6.30. The Kier molecular flexibility index (Phi) is 12.4. The molecule has 2 rings (SSSR count). The van der Waals surface area contributed by atoms with Crippen LogP contribution in [0.25, 0.3) is 0 Å². The van der Waals surface area contributed by atoms with Gasteiger partial charge in [-0.2, -0.15) is 0 Å². The van der Waals surface area contributed by atoms with E-state index in [1.807, 2.05) is 18.2 Å². The van der Waals surface area contributed by atoms with Crippen molar-refractivity contribution in [1.29, 1.82) is 0 Å². The molecule has 1 heterocycles. The summed E-state index contributed by atoms with van der Waals surface area (Å²) in [5.41, 5.74) is 1.14. The summed E-state index contributed by atoms with van der Waals surface area (Å²) in [5, 5.41) is 3.41. The van der Waals surface area contributed by atoms with Crippen LogP contribution in [0.4, 0.5) is 0 Å². The van der Waals surface area contributed by atoms with Crippen molar-refractivity contribution in [3.05, 3.63) is 29.8 Å². The zero-order valence-corrected chi connectivity index (χ0v) is 19.1. The van der Waals surface area contributed by atoms with Crippen molar-refractivity contribution < 1.29 is 14.2 Å². The van der Waals surface area contributed by atoms with Gasteiger partial charge in [0.25, 0.3) is 0 Å². The summed E-state index contributed by atoms with van der Waals surface area (Å²) in [6, 6.07) is 8.10. The number of rotatable bonds is 9. The third-order valence-corrected chi connectivity index (χ3v) is 4.34. The van der Waals surface area contributed by atoms with Crippen LogP contribution in [0.1, 0.15) is 32.3 Å². The van der Waals surface area contributed by atoms with Gasteiger partial charge >= 0.3 is 0 Å². The Bertz CT molecular complexity index is 549. The second-order valence-corrected chi connectivity index (χ2v) is 6.30. The van der Waals surface area contributed by atoms with E-state index in [1.165, 1.54) is 0 Å². The Balaban J connectivity index is 0.00000364. The van der Waals surface area contributed by atoms with E-state index in [0.29, 0.717) is 25.9 Å². The van der Waals surface area contributed by atoms with Crippen molar-refractivity contribution in [1.82, 2.24) is 10.2 Å². The van der Waals surface area contributed by atoms with Gasteiger partial charge in [-0.25, -0.2) is 4.99 Å². The van der Waals surface area contributed by atoms with Crippen LogP contribution in [0.5, 0.6) is 5.75 Å². The predicted octanol–water partition coefficient (Wildman–Crippen LogP) is 3.30. The molecule has 0 radical (unpaired) electrons. The molecule has 0 atom stereocenters. The summed E-state index contributed by atoms with van der Waals surface area (Å²) < 4.78 is 16.4. The maximum absolute atomic E-state index is 5.74. The van der Waals surface area contributed by atoms with Crippen molar-refractivity contribution >= 4 is 29.9 Å². The Morgan fingerprint density at radius 2 is 2.00 bits per heavy atom. The molecule has 1 fully saturated rings. The van der Waals surface area contributed by atoms with Gasteiger partial charge < -0.3 is 24.4 Å². The maximum atomic E-state index is 5.74. The highest BCUT2D eigenvalue weighted by Gasteiger charge is 2.21. The molecule has 0 bridgehead atoms. The van der Waals surface area contributed by atoms with E-state index in [-0.39, 0.29) is 24.0 Å². The fraction of sp³-hybridized carbons (Fsp3) is 0.650.